The highest BCUT2D eigenvalue weighted by molar-refractivity contribution is 7.99. The molecule has 0 unspecified atom stereocenters. The zero-order chi connectivity index (χ0) is 15.1. The lowest BCUT2D eigenvalue weighted by molar-refractivity contribution is -0.118. The Kier molecular flexibility index (Phi) is 5.63. The Hall–Kier alpha value is -2.01. The third-order valence-corrected chi connectivity index (χ3v) is 3.85. The molecule has 1 amide bonds. The van der Waals surface area contributed by atoms with E-state index in [1.54, 1.807) is 13.3 Å². The van der Waals surface area contributed by atoms with Crippen molar-refractivity contribution in [3.05, 3.63) is 53.7 Å². The molecular formula is C16H18N2O2S. The van der Waals surface area contributed by atoms with Gasteiger partial charge < -0.3 is 10.1 Å². The minimum atomic E-state index is -0.0201. The molecule has 0 fully saturated rings. The van der Waals surface area contributed by atoms with Gasteiger partial charge in [-0.2, -0.15) is 0 Å². The van der Waals surface area contributed by atoms with Crippen molar-refractivity contribution in [2.45, 2.75) is 18.5 Å². The van der Waals surface area contributed by atoms with E-state index < -0.39 is 0 Å². The van der Waals surface area contributed by atoms with E-state index in [1.807, 2.05) is 43.3 Å². The highest BCUT2D eigenvalue weighted by atomic mass is 32.2. The maximum atomic E-state index is 11.9. The number of hydrogen-bond donors (Lipinski definition) is 1. The van der Waals surface area contributed by atoms with Crippen LogP contribution in [0.5, 0.6) is 5.75 Å². The van der Waals surface area contributed by atoms with Crippen LogP contribution in [0.3, 0.4) is 0 Å². The number of pyridine rings is 1. The van der Waals surface area contributed by atoms with Crippen LogP contribution in [0.4, 0.5) is 0 Å². The molecule has 1 aromatic carbocycles. The average Bonchev–Trinajstić information content (AvgIpc) is 2.52. The highest BCUT2D eigenvalue weighted by Gasteiger charge is 2.06. The molecule has 0 radical (unpaired) electrons. The molecule has 0 spiro atoms. The molecule has 0 atom stereocenters. The number of aryl methyl sites for hydroxylation is 1. The number of aromatic nitrogens is 1. The van der Waals surface area contributed by atoms with E-state index >= 15 is 0 Å². The molecule has 0 aliphatic rings. The molecule has 21 heavy (non-hydrogen) atoms. The molecule has 1 aromatic heterocycles. The van der Waals surface area contributed by atoms with Crippen LogP contribution in [0.25, 0.3) is 0 Å². The topological polar surface area (TPSA) is 51.2 Å². The van der Waals surface area contributed by atoms with Crippen molar-refractivity contribution in [1.29, 1.82) is 0 Å². The Morgan fingerprint density at radius 3 is 2.81 bits per heavy atom. The second kappa shape index (κ2) is 7.69. The Morgan fingerprint density at radius 2 is 2.10 bits per heavy atom. The first-order chi connectivity index (χ1) is 10.2. The highest BCUT2D eigenvalue weighted by Crippen LogP contribution is 2.17. The van der Waals surface area contributed by atoms with Gasteiger partial charge in [-0.1, -0.05) is 36.0 Å². The second-order valence-corrected chi connectivity index (χ2v) is 5.55. The van der Waals surface area contributed by atoms with Crippen LogP contribution in [0.15, 0.2) is 47.6 Å². The SMILES string of the molecule is COc1ccccc1CNC(=O)CSc1ccc(C)cn1. The molecule has 0 saturated carbocycles. The van der Waals surface area contributed by atoms with E-state index in [2.05, 4.69) is 10.3 Å². The Bertz CT molecular complexity index is 599. The summed E-state index contributed by atoms with van der Waals surface area (Å²) in [5.41, 5.74) is 2.08. The van der Waals surface area contributed by atoms with Gasteiger partial charge in [0.2, 0.25) is 5.91 Å². The van der Waals surface area contributed by atoms with E-state index in [9.17, 15) is 4.79 Å². The van der Waals surface area contributed by atoms with Gasteiger partial charge >= 0.3 is 0 Å². The number of nitrogens with one attached hydrogen (secondary N) is 1. The van der Waals surface area contributed by atoms with Gasteiger partial charge in [0.15, 0.2) is 0 Å². The van der Waals surface area contributed by atoms with Crippen LogP contribution in [0, 0.1) is 6.92 Å². The number of ether oxygens (including phenoxy) is 1. The Labute approximate surface area is 128 Å². The van der Waals surface area contributed by atoms with Gasteiger partial charge in [-0.3, -0.25) is 4.79 Å². The maximum Gasteiger partial charge on any atom is 0.230 e. The largest absolute Gasteiger partial charge is 0.496 e. The molecule has 0 bridgehead atoms. The number of carbonyl (C=O) groups excluding carboxylic acids is 1. The predicted octanol–water partition coefficient (Wildman–Crippen LogP) is 2.81. The predicted molar refractivity (Wildman–Crippen MR) is 84.5 cm³/mol. The lowest BCUT2D eigenvalue weighted by atomic mass is 10.2. The molecule has 2 rings (SSSR count). The summed E-state index contributed by atoms with van der Waals surface area (Å²) in [6.07, 6.45) is 1.80. The van der Waals surface area contributed by atoms with Gasteiger partial charge in [0, 0.05) is 18.3 Å². The molecule has 2 aromatic rings. The summed E-state index contributed by atoms with van der Waals surface area (Å²) in [5.74, 6) is 1.12. The second-order valence-electron chi connectivity index (χ2n) is 4.55. The van der Waals surface area contributed by atoms with Crippen molar-refractivity contribution in [3.63, 3.8) is 0 Å². The number of methoxy groups -OCH3 is 1. The fourth-order valence-electron chi connectivity index (χ4n) is 1.77. The van der Waals surface area contributed by atoms with Crippen molar-refractivity contribution in [2.24, 2.45) is 0 Å². The molecule has 0 aliphatic heterocycles. The van der Waals surface area contributed by atoms with Gasteiger partial charge in [0.25, 0.3) is 0 Å². The number of para-hydroxylation sites is 1. The quantitative estimate of drug-likeness (QED) is 0.834. The van der Waals surface area contributed by atoms with Gasteiger partial charge in [0.05, 0.1) is 17.9 Å². The van der Waals surface area contributed by atoms with Crippen LogP contribution >= 0.6 is 11.8 Å². The first-order valence-corrected chi connectivity index (χ1v) is 7.61. The number of amides is 1. The molecule has 0 saturated heterocycles. The number of rotatable bonds is 6. The fraction of sp³-hybridized carbons (Fsp3) is 0.250. The lowest BCUT2D eigenvalue weighted by Gasteiger charge is -2.09. The zero-order valence-electron chi connectivity index (χ0n) is 12.1. The summed E-state index contributed by atoms with van der Waals surface area (Å²) < 4.78 is 5.25. The number of thioether (sulfide) groups is 1. The molecule has 0 aliphatic carbocycles. The van der Waals surface area contributed by atoms with Crippen LogP contribution < -0.4 is 10.1 Å². The minimum absolute atomic E-state index is 0.0201. The molecule has 1 heterocycles. The number of benzene rings is 1. The standard InChI is InChI=1S/C16H18N2O2S/c1-12-7-8-16(18-9-12)21-11-15(19)17-10-13-5-3-4-6-14(13)20-2/h3-9H,10-11H2,1-2H3,(H,17,19). The normalized spacial score (nSPS) is 10.2. The lowest BCUT2D eigenvalue weighted by Crippen LogP contribution is -2.24. The van der Waals surface area contributed by atoms with Crippen LogP contribution in [-0.2, 0) is 11.3 Å². The number of carbonyl (C=O) groups is 1. The van der Waals surface area contributed by atoms with Crippen molar-refractivity contribution < 1.29 is 9.53 Å². The first-order valence-electron chi connectivity index (χ1n) is 6.63. The fourth-order valence-corrected chi connectivity index (χ4v) is 2.45. The zero-order valence-corrected chi connectivity index (χ0v) is 12.9. The summed E-state index contributed by atoms with van der Waals surface area (Å²) in [6, 6.07) is 11.6. The minimum Gasteiger partial charge on any atom is -0.496 e. The monoisotopic (exact) mass is 302 g/mol. The van der Waals surface area contributed by atoms with E-state index in [1.165, 1.54) is 11.8 Å². The van der Waals surface area contributed by atoms with Crippen molar-refractivity contribution >= 4 is 17.7 Å². The Balaban J connectivity index is 1.81. The molecule has 110 valence electrons. The van der Waals surface area contributed by atoms with Crippen LogP contribution in [0.2, 0.25) is 0 Å². The van der Waals surface area contributed by atoms with Crippen molar-refractivity contribution in [3.8, 4) is 5.75 Å². The molecule has 1 N–H and O–H groups in total. The van der Waals surface area contributed by atoms with E-state index in [4.69, 9.17) is 4.74 Å². The summed E-state index contributed by atoms with van der Waals surface area (Å²) in [4.78, 5) is 16.1. The van der Waals surface area contributed by atoms with Crippen LogP contribution in [0.1, 0.15) is 11.1 Å². The molecule has 5 heteroatoms. The van der Waals surface area contributed by atoms with Gasteiger partial charge in [0.1, 0.15) is 5.75 Å². The third-order valence-electron chi connectivity index (χ3n) is 2.90. The third kappa shape index (κ3) is 4.79. The van der Waals surface area contributed by atoms with E-state index in [0.717, 1.165) is 21.9 Å². The van der Waals surface area contributed by atoms with E-state index in [0.29, 0.717) is 12.3 Å². The van der Waals surface area contributed by atoms with E-state index in [-0.39, 0.29) is 5.91 Å². The van der Waals surface area contributed by atoms with Crippen molar-refractivity contribution in [2.75, 3.05) is 12.9 Å². The number of hydrogen-bond acceptors (Lipinski definition) is 4. The summed E-state index contributed by atoms with van der Waals surface area (Å²) >= 11 is 1.43. The average molecular weight is 302 g/mol. The number of nitrogens with zero attached hydrogens (tertiary/aromatic N) is 1. The smallest absolute Gasteiger partial charge is 0.230 e. The van der Waals surface area contributed by atoms with Gasteiger partial charge in [-0.05, 0) is 24.6 Å². The summed E-state index contributed by atoms with van der Waals surface area (Å²) in [5, 5.41) is 3.74. The van der Waals surface area contributed by atoms with Gasteiger partial charge in [-0.15, -0.1) is 0 Å². The maximum absolute atomic E-state index is 11.9. The molecule has 4 nitrogen and oxygen atoms in total. The molecular weight excluding hydrogens is 284 g/mol. The van der Waals surface area contributed by atoms with Crippen molar-refractivity contribution in [1.82, 2.24) is 10.3 Å². The van der Waals surface area contributed by atoms with Gasteiger partial charge in [-0.25, -0.2) is 4.98 Å². The van der Waals surface area contributed by atoms with Crippen LogP contribution in [-0.4, -0.2) is 23.8 Å². The first kappa shape index (κ1) is 15.4. The summed E-state index contributed by atoms with van der Waals surface area (Å²) in [7, 11) is 1.62. The summed E-state index contributed by atoms with van der Waals surface area (Å²) in [6.45, 7) is 2.45. The Morgan fingerprint density at radius 1 is 1.29 bits per heavy atom.